The van der Waals surface area contributed by atoms with Gasteiger partial charge in [0.2, 0.25) is 11.8 Å². The second kappa shape index (κ2) is 6.81. The predicted molar refractivity (Wildman–Crippen MR) is 85.9 cm³/mol. The lowest BCUT2D eigenvalue weighted by molar-refractivity contribution is -0.122. The summed E-state index contributed by atoms with van der Waals surface area (Å²) >= 11 is 0. The monoisotopic (exact) mass is 331 g/mol. The van der Waals surface area contributed by atoms with Crippen molar-refractivity contribution in [2.75, 3.05) is 5.32 Å². The molecule has 1 aliphatic carbocycles. The van der Waals surface area contributed by atoms with Gasteiger partial charge in [-0.2, -0.15) is 5.10 Å². The molecule has 0 bridgehead atoms. The van der Waals surface area contributed by atoms with Crippen LogP contribution in [0.15, 0.2) is 6.20 Å². The summed E-state index contributed by atoms with van der Waals surface area (Å²) < 4.78 is 1.40. The van der Waals surface area contributed by atoms with E-state index in [-0.39, 0.29) is 24.3 Å². The largest absolute Gasteiger partial charge is 0.350 e. The van der Waals surface area contributed by atoms with Crippen molar-refractivity contribution in [1.29, 1.82) is 0 Å². The van der Waals surface area contributed by atoms with Crippen molar-refractivity contribution >= 4 is 17.6 Å². The molecule has 2 aromatic heterocycles. The molecule has 0 atom stereocenters. The van der Waals surface area contributed by atoms with Crippen molar-refractivity contribution in [3.05, 3.63) is 23.1 Å². The Morgan fingerprint density at radius 3 is 2.79 bits per heavy atom. The minimum atomic E-state index is -0.184. The molecule has 2 aromatic rings. The van der Waals surface area contributed by atoms with E-state index in [1.807, 2.05) is 13.8 Å². The van der Waals surface area contributed by atoms with Crippen LogP contribution in [0.2, 0.25) is 0 Å². The van der Waals surface area contributed by atoms with Crippen LogP contribution in [0.4, 0.5) is 5.82 Å². The molecule has 0 aromatic carbocycles. The molecule has 9 nitrogen and oxygen atoms in total. The van der Waals surface area contributed by atoms with Crippen molar-refractivity contribution in [3.8, 4) is 0 Å². The molecule has 1 saturated carbocycles. The lowest BCUT2D eigenvalue weighted by atomic mass is 9.85. The Morgan fingerprint density at radius 2 is 2.17 bits per heavy atom. The molecule has 128 valence electrons. The molecule has 0 unspecified atom stereocenters. The van der Waals surface area contributed by atoms with Gasteiger partial charge in [-0.3, -0.25) is 14.7 Å². The summed E-state index contributed by atoms with van der Waals surface area (Å²) in [5, 5.41) is 20.3. The van der Waals surface area contributed by atoms with Gasteiger partial charge in [0.1, 0.15) is 6.54 Å². The smallest absolute Gasteiger partial charge is 0.242 e. The summed E-state index contributed by atoms with van der Waals surface area (Å²) in [6, 6.07) is 0. The fourth-order valence-electron chi connectivity index (χ4n) is 2.56. The summed E-state index contributed by atoms with van der Waals surface area (Å²) in [7, 11) is 0. The number of nitrogens with one attached hydrogen (secondary N) is 3. The maximum Gasteiger partial charge on any atom is 0.242 e. The third-order valence-electron chi connectivity index (χ3n) is 4.31. The summed E-state index contributed by atoms with van der Waals surface area (Å²) in [6.45, 7) is 4.25. The van der Waals surface area contributed by atoms with E-state index in [1.54, 1.807) is 6.20 Å². The summed E-state index contributed by atoms with van der Waals surface area (Å²) in [5.74, 6) is 0.251. The van der Waals surface area contributed by atoms with Crippen LogP contribution in [-0.2, 0) is 22.7 Å². The number of hydrogen-bond acceptors (Lipinski definition) is 5. The molecule has 0 saturated heterocycles. The van der Waals surface area contributed by atoms with Crippen LogP contribution in [-0.4, -0.2) is 37.0 Å². The molecule has 3 rings (SSSR count). The van der Waals surface area contributed by atoms with Gasteiger partial charge >= 0.3 is 0 Å². The van der Waals surface area contributed by atoms with Gasteiger partial charge < -0.3 is 10.6 Å². The molecule has 2 amide bonds. The molecule has 1 fully saturated rings. The number of nitrogens with zero attached hydrogens (tertiary/aromatic N) is 4. The summed E-state index contributed by atoms with van der Waals surface area (Å²) in [6.07, 6.45) is 4.51. The molecule has 1 aliphatic rings. The van der Waals surface area contributed by atoms with Crippen molar-refractivity contribution in [2.45, 2.75) is 46.2 Å². The maximum absolute atomic E-state index is 12.0. The van der Waals surface area contributed by atoms with E-state index in [0.29, 0.717) is 12.4 Å². The second-order valence-electron chi connectivity index (χ2n) is 6.11. The number of carbonyl (C=O) groups excluding carboxylic acids is 2. The first-order chi connectivity index (χ1) is 11.5. The number of hydrogen-bond donors (Lipinski definition) is 3. The van der Waals surface area contributed by atoms with E-state index < -0.39 is 0 Å². The molecule has 0 radical (unpaired) electrons. The number of aryl methyl sites for hydroxylation is 2. The Kier molecular flexibility index (Phi) is 4.59. The normalized spacial score (nSPS) is 14.2. The number of H-pyrrole nitrogens is 1. The number of amides is 2. The van der Waals surface area contributed by atoms with E-state index in [9.17, 15) is 9.59 Å². The standard InChI is InChI=1S/C15H21N7O2/c1-9-12(10(2)19-18-9)6-16-14(23)8-22-7-13(20-21-22)17-15(24)11-4-3-5-11/h7,11H,3-6,8H2,1-2H3,(H,16,23)(H,17,24)(H,18,19). The first-order valence-electron chi connectivity index (χ1n) is 8.01. The average Bonchev–Trinajstić information content (AvgIpc) is 3.02. The van der Waals surface area contributed by atoms with Gasteiger partial charge in [-0.05, 0) is 26.7 Å². The van der Waals surface area contributed by atoms with Crippen molar-refractivity contribution in [2.24, 2.45) is 5.92 Å². The number of aromatic amines is 1. The number of carbonyl (C=O) groups is 2. The minimum Gasteiger partial charge on any atom is -0.350 e. The van der Waals surface area contributed by atoms with Gasteiger partial charge in [0.25, 0.3) is 0 Å². The second-order valence-corrected chi connectivity index (χ2v) is 6.11. The van der Waals surface area contributed by atoms with Gasteiger partial charge in [0.05, 0.1) is 11.9 Å². The van der Waals surface area contributed by atoms with Gasteiger partial charge in [-0.25, -0.2) is 4.68 Å². The van der Waals surface area contributed by atoms with E-state index in [2.05, 4.69) is 31.1 Å². The highest BCUT2D eigenvalue weighted by Crippen LogP contribution is 2.27. The third kappa shape index (κ3) is 3.61. The first kappa shape index (κ1) is 16.2. The van der Waals surface area contributed by atoms with Crippen LogP contribution in [0.25, 0.3) is 0 Å². The van der Waals surface area contributed by atoms with Crippen molar-refractivity contribution in [1.82, 2.24) is 30.5 Å². The highest BCUT2D eigenvalue weighted by Gasteiger charge is 2.25. The zero-order valence-corrected chi connectivity index (χ0v) is 13.8. The molecule has 2 heterocycles. The third-order valence-corrected chi connectivity index (χ3v) is 4.31. The predicted octanol–water partition coefficient (Wildman–Crippen LogP) is 0.673. The van der Waals surface area contributed by atoms with Gasteiger partial charge in [0, 0.05) is 23.7 Å². The van der Waals surface area contributed by atoms with Crippen molar-refractivity contribution in [3.63, 3.8) is 0 Å². The average molecular weight is 331 g/mol. The zero-order valence-electron chi connectivity index (χ0n) is 13.8. The van der Waals surface area contributed by atoms with Crippen LogP contribution in [0.1, 0.15) is 36.2 Å². The molecular formula is C15H21N7O2. The lowest BCUT2D eigenvalue weighted by Gasteiger charge is -2.23. The Balaban J connectivity index is 1.49. The van der Waals surface area contributed by atoms with Gasteiger partial charge in [0.15, 0.2) is 5.82 Å². The molecule has 0 spiro atoms. The summed E-state index contributed by atoms with van der Waals surface area (Å²) in [5.41, 5.74) is 2.79. The molecule has 0 aliphatic heterocycles. The highest BCUT2D eigenvalue weighted by molar-refractivity contribution is 5.92. The van der Waals surface area contributed by atoms with Crippen LogP contribution in [0.3, 0.4) is 0 Å². The Labute approximate surface area is 139 Å². The van der Waals surface area contributed by atoms with Crippen LogP contribution >= 0.6 is 0 Å². The van der Waals surface area contributed by atoms with E-state index in [0.717, 1.165) is 36.2 Å². The first-order valence-corrected chi connectivity index (χ1v) is 8.01. The van der Waals surface area contributed by atoms with E-state index >= 15 is 0 Å². The zero-order chi connectivity index (χ0) is 17.1. The van der Waals surface area contributed by atoms with Crippen LogP contribution in [0, 0.1) is 19.8 Å². The van der Waals surface area contributed by atoms with Crippen LogP contribution in [0.5, 0.6) is 0 Å². The number of anilines is 1. The molecule has 3 N–H and O–H groups in total. The quantitative estimate of drug-likeness (QED) is 0.719. The number of rotatable bonds is 6. The van der Waals surface area contributed by atoms with Gasteiger partial charge in [-0.15, -0.1) is 5.10 Å². The minimum absolute atomic E-state index is 0.0244. The van der Waals surface area contributed by atoms with E-state index in [1.165, 1.54) is 4.68 Å². The molecule has 24 heavy (non-hydrogen) atoms. The van der Waals surface area contributed by atoms with Gasteiger partial charge in [-0.1, -0.05) is 11.6 Å². The fraction of sp³-hybridized carbons (Fsp3) is 0.533. The lowest BCUT2D eigenvalue weighted by Crippen LogP contribution is -2.28. The summed E-state index contributed by atoms with van der Waals surface area (Å²) in [4.78, 5) is 23.9. The molecular weight excluding hydrogens is 310 g/mol. The topological polar surface area (TPSA) is 118 Å². The van der Waals surface area contributed by atoms with Crippen LogP contribution < -0.4 is 10.6 Å². The Bertz CT molecular complexity index is 725. The Hall–Kier alpha value is -2.71. The number of aromatic nitrogens is 5. The van der Waals surface area contributed by atoms with E-state index in [4.69, 9.17) is 0 Å². The Morgan fingerprint density at radius 1 is 1.38 bits per heavy atom. The SMILES string of the molecule is Cc1n[nH]c(C)c1CNC(=O)Cn1cc(NC(=O)C2CCC2)nn1. The van der Waals surface area contributed by atoms with Crippen molar-refractivity contribution < 1.29 is 9.59 Å². The fourth-order valence-corrected chi connectivity index (χ4v) is 2.56. The maximum atomic E-state index is 12.0. The highest BCUT2D eigenvalue weighted by atomic mass is 16.2. The molecule has 9 heteroatoms.